The summed E-state index contributed by atoms with van der Waals surface area (Å²) < 4.78 is 1.57. The van der Waals surface area contributed by atoms with Crippen molar-refractivity contribution in [3.8, 4) is 0 Å². The topological polar surface area (TPSA) is 67.2 Å². The Hall–Kier alpha value is -2.63. The van der Waals surface area contributed by atoms with E-state index < -0.39 is 0 Å². The highest BCUT2D eigenvalue weighted by Crippen LogP contribution is 2.12. The number of nitrogens with zero attached hydrogens (tertiary/aromatic N) is 3. The number of amides is 2. The average molecular weight is 312 g/mol. The van der Waals surface area contributed by atoms with Crippen LogP contribution in [0.4, 0.5) is 0 Å². The van der Waals surface area contributed by atoms with E-state index in [1.807, 2.05) is 23.1 Å². The molecular formula is C17H20N4O2. The molecule has 6 heteroatoms. The second kappa shape index (κ2) is 7.09. The molecule has 0 saturated carbocycles. The lowest BCUT2D eigenvalue weighted by molar-refractivity contribution is -0.127. The maximum atomic E-state index is 12.1. The van der Waals surface area contributed by atoms with Crippen LogP contribution >= 0.6 is 0 Å². The number of hydrogen-bond donors (Lipinski definition) is 1. The number of carbonyl (C=O) groups excluding carboxylic acids is 2. The molecule has 0 aliphatic carbocycles. The van der Waals surface area contributed by atoms with Crippen molar-refractivity contribution in [2.75, 3.05) is 13.1 Å². The molecule has 2 amide bonds. The number of rotatable bonds is 6. The molecule has 1 N–H and O–H groups in total. The third-order valence-electron chi connectivity index (χ3n) is 3.96. The van der Waals surface area contributed by atoms with Gasteiger partial charge in [0.1, 0.15) is 6.54 Å². The van der Waals surface area contributed by atoms with E-state index in [4.69, 9.17) is 0 Å². The van der Waals surface area contributed by atoms with E-state index in [0.717, 1.165) is 6.42 Å². The fourth-order valence-corrected chi connectivity index (χ4v) is 2.81. The summed E-state index contributed by atoms with van der Waals surface area (Å²) in [7, 11) is 0. The van der Waals surface area contributed by atoms with Gasteiger partial charge in [-0.1, -0.05) is 30.3 Å². The minimum Gasteiger partial charge on any atom is -0.349 e. The van der Waals surface area contributed by atoms with E-state index in [2.05, 4.69) is 22.5 Å². The van der Waals surface area contributed by atoms with Gasteiger partial charge in [-0.15, -0.1) is 0 Å². The number of nitrogens with one attached hydrogen (secondary N) is 1. The zero-order valence-corrected chi connectivity index (χ0v) is 12.9. The Morgan fingerprint density at radius 2 is 2.09 bits per heavy atom. The Labute approximate surface area is 135 Å². The molecule has 120 valence electrons. The van der Waals surface area contributed by atoms with Gasteiger partial charge in [0.05, 0.1) is 6.04 Å². The van der Waals surface area contributed by atoms with Gasteiger partial charge in [-0.2, -0.15) is 5.10 Å². The van der Waals surface area contributed by atoms with Gasteiger partial charge in [0.2, 0.25) is 11.8 Å². The third kappa shape index (κ3) is 4.18. The van der Waals surface area contributed by atoms with Gasteiger partial charge in [0.15, 0.2) is 0 Å². The number of hydrogen-bond acceptors (Lipinski definition) is 3. The Morgan fingerprint density at radius 3 is 2.83 bits per heavy atom. The molecule has 1 fully saturated rings. The molecule has 3 rings (SSSR count). The van der Waals surface area contributed by atoms with E-state index >= 15 is 0 Å². The molecule has 0 unspecified atom stereocenters. The molecule has 0 spiro atoms. The van der Waals surface area contributed by atoms with Crippen molar-refractivity contribution in [1.82, 2.24) is 20.0 Å². The molecule has 0 bridgehead atoms. The van der Waals surface area contributed by atoms with Gasteiger partial charge in [0, 0.05) is 31.9 Å². The molecule has 1 aromatic carbocycles. The smallest absolute Gasteiger partial charge is 0.242 e. The van der Waals surface area contributed by atoms with Crippen molar-refractivity contribution in [1.29, 1.82) is 0 Å². The first kappa shape index (κ1) is 15.3. The summed E-state index contributed by atoms with van der Waals surface area (Å²) in [5, 5.41) is 6.92. The standard InChI is InChI=1S/C17H20N4O2/c22-16(13-21-9-4-8-18-21)19-15-11-17(23)20(12-15)10-7-14-5-2-1-3-6-14/h1-6,8-9,15H,7,10-13H2,(H,19,22)/t15-/m1/s1. The minimum atomic E-state index is -0.114. The first-order valence-electron chi connectivity index (χ1n) is 7.79. The van der Waals surface area contributed by atoms with Gasteiger partial charge in [0.25, 0.3) is 0 Å². The lowest BCUT2D eigenvalue weighted by atomic mass is 10.1. The zero-order valence-electron chi connectivity index (χ0n) is 12.9. The quantitative estimate of drug-likeness (QED) is 0.859. The van der Waals surface area contributed by atoms with Crippen molar-refractivity contribution in [2.45, 2.75) is 25.4 Å². The first-order chi connectivity index (χ1) is 11.2. The number of aromatic nitrogens is 2. The third-order valence-corrected chi connectivity index (χ3v) is 3.96. The number of likely N-dealkylation sites (tertiary alicyclic amines) is 1. The minimum absolute atomic E-state index is 0.102. The second-order valence-corrected chi connectivity index (χ2v) is 5.75. The van der Waals surface area contributed by atoms with Crippen molar-refractivity contribution in [3.05, 3.63) is 54.4 Å². The van der Waals surface area contributed by atoms with Crippen molar-refractivity contribution >= 4 is 11.8 Å². The molecule has 2 heterocycles. The van der Waals surface area contributed by atoms with Gasteiger partial charge >= 0.3 is 0 Å². The molecule has 1 aliphatic rings. The molecule has 2 aromatic rings. The molecule has 6 nitrogen and oxygen atoms in total. The van der Waals surface area contributed by atoms with E-state index in [9.17, 15) is 9.59 Å². The van der Waals surface area contributed by atoms with Crippen LogP contribution in [0, 0.1) is 0 Å². The Bertz CT molecular complexity index is 654. The summed E-state index contributed by atoms with van der Waals surface area (Å²) in [5.74, 6) is -0.0123. The van der Waals surface area contributed by atoms with Crippen LogP contribution in [-0.4, -0.2) is 45.6 Å². The molecule has 0 radical (unpaired) electrons. The van der Waals surface area contributed by atoms with E-state index in [1.165, 1.54) is 5.56 Å². The van der Waals surface area contributed by atoms with Crippen molar-refractivity contribution < 1.29 is 9.59 Å². The highest BCUT2D eigenvalue weighted by Gasteiger charge is 2.30. The van der Waals surface area contributed by atoms with Gasteiger partial charge < -0.3 is 10.2 Å². The summed E-state index contributed by atoms with van der Waals surface area (Å²) in [4.78, 5) is 25.8. The van der Waals surface area contributed by atoms with Crippen LogP contribution in [-0.2, 0) is 22.6 Å². The highest BCUT2D eigenvalue weighted by molar-refractivity contribution is 5.82. The van der Waals surface area contributed by atoms with Crippen LogP contribution in [0.15, 0.2) is 48.8 Å². The molecule has 23 heavy (non-hydrogen) atoms. The SMILES string of the molecule is O=C(Cn1cccn1)N[C@@H]1CC(=O)N(CCc2ccccc2)C1. The highest BCUT2D eigenvalue weighted by atomic mass is 16.2. The van der Waals surface area contributed by atoms with E-state index in [1.54, 1.807) is 23.1 Å². The fourth-order valence-electron chi connectivity index (χ4n) is 2.81. The maximum absolute atomic E-state index is 12.1. The van der Waals surface area contributed by atoms with Crippen LogP contribution in [0.2, 0.25) is 0 Å². The predicted molar refractivity (Wildman–Crippen MR) is 85.5 cm³/mol. The molecular weight excluding hydrogens is 292 g/mol. The molecule has 1 atom stereocenters. The van der Waals surface area contributed by atoms with E-state index in [0.29, 0.717) is 19.5 Å². The maximum Gasteiger partial charge on any atom is 0.242 e. The summed E-state index contributed by atoms with van der Waals surface area (Å²) in [6, 6.07) is 11.8. The van der Waals surface area contributed by atoms with Gasteiger partial charge in [-0.3, -0.25) is 14.3 Å². The summed E-state index contributed by atoms with van der Waals surface area (Å²) in [6.45, 7) is 1.45. The number of benzene rings is 1. The second-order valence-electron chi connectivity index (χ2n) is 5.75. The molecule has 1 aromatic heterocycles. The predicted octanol–water partition coefficient (Wildman–Crippen LogP) is 0.843. The Balaban J connectivity index is 1.46. The lowest BCUT2D eigenvalue weighted by Gasteiger charge is -2.17. The van der Waals surface area contributed by atoms with Crippen LogP contribution in [0.3, 0.4) is 0 Å². The summed E-state index contributed by atoms with van der Waals surface area (Å²) in [5.41, 5.74) is 1.21. The van der Waals surface area contributed by atoms with Crippen LogP contribution in [0.1, 0.15) is 12.0 Å². The molecule has 1 saturated heterocycles. The number of carbonyl (C=O) groups is 2. The first-order valence-corrected chi connectivity index (χ1v) is 7.79. The lowest BCUT2D eigenvalue weighted by Crippen LogP contribution is -2.39. The summed E-state index contributed by atoms with van der Waals surface area (Å²) >= 11 is 0. The Morgan fingerprint density at radius 1 is 1.26 bits per heavy atom. The van der Waals surface area contributed by atoms with Crippen molar-refractivity contribution in [3.63, 3.8) is 0 Å². The summed E-state index contributed by atoms with van der Waals surface area (Å²) in [6.07, 6.45) is 4.59. The zero-order chi connectivity index (χ0) is 16.1. The van der Waals surface area contributed by atoms with Gasteiger partial charge in [-0.25, -0.2) is 0 Å². The van der Waals surface area contributed by atoms with Crippen LogP contribution in [0.5, 0.6) is 0 Å². The monoisotopic (exact) mass is 312 g/mol. The molecule has 1 aliphatic heterocycles. The van der Waals surface area contributed by atoms with Crippen LogP contribution < -0.4 is 5.32 Å². The fraction of sp³-hybridized carbons (Fsp3) is 0.353. The average Bonchev–Trinajstić information content (AvgIpc) is 3.16. The Kier molecular flexibility index (Phi) is 4.71. The van der Waals surface area contributed by atoms with Crippen LogP contribution in [0.25, 0.3) is 0 Å². The van der Waals surface area contributed by atoms with Crippen molar-refractivity contribution in [2.24, 2.45) is 0 Å². The van der Waals surface area contributed by atoms with E-state index in [-0.39, 0.29) is 24.4 Å². The normalized spacial score (nSPS) is 17.5. The van der Waals surface area contributed by atoms with Gasteiger partial charge in [-0.05, 0) is 18.1 Å². The largest absolute Gasteiger partial charge is 0.349 e.